The average Bonchev–Trinajstić information content (AvgIpc) is 2.73. The van der Waals surface area contributed by atoms with Crippen LogP contribution < -0.4 is 0 Å². The summed E-state index contributed by atoms with van der Waals surface area (Å²) in [4.78, 5) is 3.17. The smallest absolute Gasteiger partial charge is 0.134 e. The number of fused-ring (bicyclic) bond motifs is 1. The van der Waals surface area contributed by atoms with Crippen molar-refractivity contribution >= 4 is 22.5 Å². The molecule has 0 spiro atoms. The van der Waals surface area contributed by atoms with Crippen LogP contribution in [-0.4, -0.2) is 15.2 Å². The Morgan fingerprint density at radius 1 is 1.00 bits per heavy atom. The second-order valence-electron chi connectivity index (χ2n) is 4.18. The second-order valence-corrected chi connectivity index (χ2v) is 4.58. The number of phenols is 2. The second kappa shape index (κ2) is 5.67. The zero-order chi connectivity index (χ0) is 13.8. The van der Waals surface area contributed by atoms with Gasteiger partial charge in [-0.3, -0.25) is 0 Å². The van der Waals surface area contributed by atoms with Gasteiger partial charge in [-0.1, -0.05) is 23.7 Å². The molecule has 0 bridgehead atoms. The first-order valence-corrected chi connectivity index (χ1v) is 6.16. The van der Waals surface area contributed by atoms with Crippen molar-refractivity contribution in [2.24, 2.45) is 0 Å². The summed E-state index contributed by atoms with van der Waals surface area (Å²) in [5.74, 6) is 0.450. The van der Waals surface area contributed by atoms with Crippen molar-refractivity contribution in [2.75, 3.05) is 0 Å². The van der Waals surface area contributed by atoms with Crippen LogP contribution in [0.25, 0.3) is 10.9 Å². The molecule has 3 rings (SSSR count). The monoisotopic (exact) mass is 275 g/mol. The molecule has 3 aromatic rings. The molecule has 0 aliphatic rings. The zero-order valence-corrected chi connectivity index (χ0v) is 11.1. The summed E-state index contributed by atoms with van der Waals surface area (Å²) in [6.07, 6.45) is 0. The predicted molar refractivity (Wildman–Crippen MR) is 77.8 cm³/mol. The number of rotatable bonds is 0. The molecular formula is C15H14ClNO2. The highest BCUT2D eigenvalue weighted by Crippen LogP contribution is 2.20. The molecule has 3 nitrogen and oxygen atoms in total. The number of aromatic nitrogens is 1. The number of aryl methyl sites for hydroxylation is 1. The molecule has 0 saturated carbocycles. The summed E-state index contributed by atoms with van der Waals surface area (Å²) in [7, 11) is 0. The van der Waals surface area contributed by atoms with Crippen LogP contribution in [0.15, 0.2) is 48.5 Å². The molecule has 1 aromatic heterocycles. The summed E-state index contributed by atoms with van der Waals surface area (Å²) >= 11 is 5.46. The quantitative estimate of drug-likeness (QED) is 0.575. The maximum absolute atomic E-state index is 9.13. The van der Waals surface area contributed by atoms with E-state index in [1.807, 2.05) is 19.1 Å². The fourth-order valence-electron chi connectivity index (χ4n) is 1.72. The van der Waals surface area contributed by atoms with Crippen molar-refractivity contribution in [3.8, 4) is 11.5 Å². The molecule has 0 aliphatic carbocycles. The molecule has 0 aliphatic heterocycles. The van der Waals surface area contributed by atoms with Gasteiger partial charge in [0.05, 0.1) is 5.02 Å². The van der Waals surface area contributed by atoms with Crippen molar-refractivity contribution < 1.29 is 10.2 Å². The normalized spacial score (nSPS) is 10.0. The molecule has 2 aromatic carbocycles. The van der Waals surface area contributed by atoms with Crippen LogP contribution in [0.5, 0.6) is 11.5 Å². The third-order valence-corrected chi connectivity index (χ3v) is 2.91. The number of aromatic amines is 1. The lowest BCUT2D eigenvalue weighted by Crippen LogP contribution is -1.67. The molecular weight excluding hydrogens is 262 g/mol. The van der Waals surface area contributed by atoms with Crippen LogP contribution >= 0.6 is 11.6 Å². The number of halogens is 1. The number of hydrogen-bond acceptors (Lipinski definition) is 2. The Labute approximate surface area is 116 Å². The summed E-state index contributed by atoms with van der Waals surface area (Å²) in [6.45, 7) is 2.00. The van der Waals surface area contributed by atoms with Gasteiger partial charge in [-0.15, -0.1) is 0 Å². The van der Waals surface area contributed by atoms with Crippen molar-refractivity contribution in [2.45, 2.75) is 6.92 Å². The van der Waals surface area contributed by atoms with Crippen LogP contribution in [-0.2, 0) is 0 Å². The molecule has 19 heavy (non-hydrogen) atoms. The number of hydrogen-bond donors (Lipinski definition) is 3. The summed E-state index contributed by atoms with van der Waals surface area (Å²) < 4.78 is 0. The molecule has 0 amide bonds. The lowest BCUT2D eigenvalue weighted by atomic mass is 10.2. The number of nitrogens with one attached hydrogen (secondary N) is 1. The number of benzene rings is 2. The third kappa shape index (κ3) is 3.42. The Morgan fingerprint density at radius 2 is 1.74 bits per heavy atom. The standard InChI is InChI=1S/C9H9NO.C6H5ClO/c1-6-4-7-5-8(11)2-3-9(7)10-6;7-5-3-1-2-4-6(5)8/h2-5,10-11H,1H3;1-4,8H. The van der Waals surface area contributed by atoms with Crippen molar-refractivity contribution in [1.29, 1.82) is 0 Å². The third-order valence-electron chi connectivity index (χ3n) is 2.59. The summed E-state index contributed by atoms with van der Waals surface area (Å²) in [5.41, 5.74) is 2.19. The number of aromatic hydroxyl groups is 2. The molecule has 0 unspecified atom stereocenters. The molecule has 0 fully saturated rings. The largest absolute Gasteiger partial charge is 0.508 e. The van der Waals surface area contributed by atoms with Crippen LogP contribution in [0.2, 0.25) is 5.02 Å². The SMILES string of the molecule is Cc1cc2cc(O)ccc2[nH]1.Oc1ccccc1Cl. The first-order chi connectivity index (χ1) is 9.06. The molecule has 98 valence electrons. The number of para-hydroxylation sites is 1. The highest BCUT2D eigenvalue weighted by Gasteiger charge is 1.96. The molecule has 0 saturated heterocycles. The highest BCUT2D eigenvalue weighted by molar-refractivity contribution is 6.31. The van der Waals surface area contributed by atoms with Gasteiger partial charge in [-0.2, -0.15) is 0 Å². The minimum atomic E-state index is 0.133. The topological polar surface area (TPSA) is 56.2 Å². The van der Waals surface area contributed by atoms with Crippen molar-refractivity contribution in [1.82, 2.24) is 4.98 Å². The zero-order valence-electron chi connectivity index (χ0n) is 10.4. The van der Waals surface area contributed by atoms with E-state index in [9.17, 15) is 0 Å². The lowest BCUT2D eigenvalue weighted by Gasteiger charge is -1.89. The van der Waals surface area contributed by atoms with E-state index in [1.54, 1.807) is 36.4 Å². The van der Waals surface area contributed by atoms with Gasteiger partial charge in [-0.25, -0.2) is 0 Å². The van der Waals surface area contributed by atoms with Gasteiger partial charge in [0.25, 0.3) is 0 Å². The van der Waals surface area contributed by atoms with Gasteiger partial charge >= 0.3 is 0 Å². The van der Waals surface area contributed by atoms with Gasteiger partial charge in [-0.05, 0) is 43.3 Å². The maximum Gasteiger partial charge on any atom is 0.134 e. The van der Waals surface area contributed by atoms with Crippen LogP contribution in [0.4, 0.5) is 0 Å². The predicted octanol–water partition coefficient (Wildman–Crippen LogP) is 4.23. The first kappa shape index (κ1) is 13.3. The minimum Gasteiger partial charge on any atom is -0.508 e. The van der Waals surface area contributed by atoms with Crippen molar-refractivity contribution in [3.05, 3.63) is 59.2 Å². The molecule has 1 heterocycles. The van der Waals surface area contributed by atoms with E-state index >= 15 is 0 Å². The van der Waals surface area contributed by atoms with E-state index in [2.05, 4.69) is 4.98 Å². The van der Waals surface area contributed by atoms with Crippen molar-refractivity contribution in [3.63, 3.8) is 0 Å². The minimum absolute atomic E-state index is 0.133. The Kier molecular flexibility index (Phi) is 3.97. The highest BCUT2D eigenvalue weighted by atomic mass is 35.5. The molecule has 4 heteroatoms. The number of phenolic OH excluding ortho intramolecular Hbond substituents is 2. The van der Waals surface area contributed by atoms with E-state index in [-0.39, 0.29) is 5.75 Å². The Bertz CT molecular complexity index is 670. The average molecular weight is 276 g/mol. The van der Waals surface area contributed by atoms with E-state index in [1.165, 1.54) is 0 Å². The molecule has 3 N–H and O–H groups in total. The van der Waals surface area contributed by atoms with Gasteiger partial charge in [0.1, 0.15) is 11.5 Å². The van der Waals surface area contributed by atoms with E-state index in [0.717, 1.165) is 16.6 Å². The maximum atomic E-state index is 9.13. The van der Waals surface area contributed by atoms with Gasteiger partial charge in [0.15, 0.2) is 0 Å². The Balaban J connectivity index is 0.000000148. The summed E-state index contributed by atoms with van der Waals surface area (Å²) in [6, 6.07) is 14.0. The van der Waals surface area contributed by atoms with E-state index < -0.39 is 0 Å². The van der Waals surface area contributed by atoms with Gasteiger partial charge < -0.3 is 15.2 Å². The van der Waals surface area contributed by atoms with E-state index in [4.69, 9.17) is 21.8 Å². The van der Waals surface area contributed by atoms with Gasteiger partial charge in [0, 0.05) is 16.6 Å². The van der Waals surface area contributed by atoms with Gasteiger partial charge in [0.2, 0.25) is 0 Å². The molecule has 0 radical (unpaired) electrons. The fourth-order valence-corrected chi connectivity index (χ4v) is 1.85. The summed E-state index contributed by atoms with van der Waals surface area (Å²) in [5, 5.41) is 19.4. The lowest BCUT2D eigenvalue weighted by molar-refractivity contribution is 0.475. The van der Waals surface area contributed by atoms with Crippen LogP contribution in [0.1, 0.15) is 5.69 Å². The van der Waals surface area contributed by atoms with Crippen LogP contribution in [0, 0.1) is 6.92 Å². The Hall–Kier alpha value is -2.13. The number of H-pyrrole nitrogens is 1. The molecule has 0 atom stereocenters. The first-order valence-electron chi connectivity index (χ1n) is 5.78. The fraction of sp³-hybridized carbons (Fsp3) is 0.0667. The Morgan fingerprint density at radius 3 is 2.37 bits per heavy atom. The van der Waals surface area contributed by atoms with Crippen LogP contribution in [0.3, 0.4) is 0 Å². The van der Waals surface area contributed by atoms with E-state index in [0.29, 0.717) is 10.8 Å².